The van der Waals surface area contributed by atoms with Gasteiger partial charge < -0.3 is 4.74 Å². The van der Waals surface area contributed by atoms with Crippen molar-refractivity contribution in [3.05, 3.63) is 95.3 Å². The lowest BCUT2D eigenvalue weighted by Crippen LogP contribution is -2.18. The molecule has 3 heteroatoms. The summed E-state index contributed by atoms with van der Waals surface area (Å²) in [7, 11) is 0. The van der Waals surface area contributed by atoms with E-state index in [1.54, 1.807) is 6.07 Å². The Labute approximate surface area is 147 Å². The van der Waals surface area contributed by atoms with Crippen LogP contribution in [0.5, 0.6) is 11.5 Å². The summed E-state index contributed by atoms with van der Waals surface area (Å²) >= 11 is 0. The van der Waals surface area contributed by atoms with Crippen molar-refractivity contribution in [3.8, 4) is 17.6 Å². The summed E-state index contributed by atoms with van der Waals surface area (Å²) in [5.74, 6) is 0.203. The van der Waals surface area contributed by atoms with Crippen molar-refractivity contribution in [1.82, 2.24) is 0 Å². The van der Waals surface area contributed by atoms with Crippen molar-refractivity contribution in [2.75, 3.05) is 0 Å². The summed E-state index contributed by atoms with van der Waals surface area (Å²) < 4.78 is 19.4. The monoisotopic (exact) mass is 331 g/mol. The topological polar surface area (TPSA) is 33.0 Å². The van der Waals surface area contributed by atoms with Crippen LogP contribution in [0, 0.1) is 17.1 Å². The Morgan fingerprint density at radius 3 is 2.12 bits per heavy atom. The molecule has 0 amide bonds. The first kappa shape index (κ1) is 16.7. The molecular weight excluding hydrogens is 313 g/mol. The molecular formula is C22H18FNO. The lowest BCUT2D eigenvalue weighted by atomic mass is 9.78. The van der Waals surface area contributed by atoms with Crippen LogP contribution in [0.2, 0.25) is 0 Å². The Bertz CT molecular complexity index is 909. The van der Waals surface area contributed by atoms with Crippen molar-refractivity contribution >= 4 is 0 Å². The van der Waals surface area contributed by atoms with Gasteiger partial charge in [0, 0.05) is 5.41 Å². The van der Waals surface area contributed by atoms with Crippen molar-refractivity contribution in [2.24, 2.45) is 0 Å². The second-order valence-electron chi connectivity index (χ2n) is 6.34. The first-order chi connectivity index (χ1) is 12.0. The largest absolute Gasteiger partial charge is 0.456 e. The molecule has 0 aliphatic rings. The van der Waals surface area contributed by atoms with Crippen molar-refractivity contribution in [1.29, 1.82) is 5.26 Å². The average molecular weight is 331 g/mol. The van der Waals surface area contributed by atoms with Gasteiger partial charge in [-0.05, 0) is 35.4 Å². The number of benzene rings is 3. The van der Waals surface area contributed by atoms with Crippen molar-refractivity contribution < 1.29 is 9.13 Å². The predicted octanol–water partition coefficient (Wildman–Crippen LogP) is 5.82. The SMILES string of the molecule is CC(C)(c1ccccc1)c1ccc(Oc2cccc(F)c2C#N)cc1. The smallest absolute Gasteiger partial charge is 0.148 e. The van der Waals surface area contributed by atoms with E-state index in [-0.39, 0.29) is 16.7 Å². The number of hydrogen-bond acceptors (Lipinski definition) is 2. The molecule has 0 aliphatic heterocycles. The van der Waals surface area contributed by atoms with E-state index in [1.165, 1.54) is 17.7 Å². The Morgan fingerprint density at radius 1 is 0.840 bits per heavy atom. The van der Waals surface area contributed by atoms with Gasteiger partial charge in [0.15, 0.2) is 0 Å². The minimum Gasteiger partial charge on any atom is -0.456 e. The highest BCUT2D eigenvalue weighted by atomic mass is 19.1. The van der Waals surface area contributed by atoms with E-state index < -0.39 is 5.82 Å². The number of nitriles is 1. The Hall–Kier alpha value is -3.12. The molecule has 124 valence electrons. The van der Waals surface area contributed by atoms with Crippen molar-refractivity contribution in [2.45, 2.75) is 19.3 Å². The van der Waals surface area contributed by atoms with E-state index in [9.17, 15) is 4.39 Å². The highest BCUT2D eigenvalue weighted by Gasteiger charge is 2.22. The molecule has 0 heterocycles. The summed E-state index contributed by atoms with van der Waals surface area (Å²) in [5, 5.41) is 9.08. The number of nitrogens with zero attached hydrogens (tertiary/aromatic N) is 1. The molecule has 25 heavy (non-hydrogen) atoms. The zero-order valence-electron chi connectivity index (χ0n) is 14.2. The van der Waals surface area contributed by atoms with E-state index in [2.05, 4.69) is 26.0 Å². The van der Waals surface area contributed by atoms with Crippen LogP contribution >= 0.6 is 0 Å². The Morgan fingerprint density at radius 2 is 1.48 bits per heavy atom. The third-order valence-corrected chi connectivity index (χ3v) is 4.39. The van der Waals surface area contributed by atoms with Crippen LogP contribution in [-0.4, -0.2) is 0 Å². The van der Waals surface area contributed by atoms with E-state index in [1.807, 2.05) is 48.5 Å². The Balaban J connectivity index is 1.87. The molecule has 0 saturated heterocycles. The standard InChI is InChI=1S/C22H18FNO/c1-22(2,16-7-4-3-5-8-16)17-11-13-18(14-12-17)25-21-10-6-9-20(23)19(21)15-24/h3-14H,1-2H3. The van der Waals surface area contributed by atoms with Gasteiger partial charge in [0.2, 0.25) is 0 Å². The van der Waals surface area contributed by atoms with Crippen molar-refractivity contribution in [3.63, 3.8) is 0 Å². The molecule has 3 aromatic rings. The summed E-state index contributed by atoms with van der Waals surface area (Å²) in [6.07, 6.45) is 0. The zero-order valence-corrected chi connectivity index (χ0v) is 14.2. The van der Waals surface area contributed by atoms with E-state index in [4.69, 9.17) is 10.00 Å². The third-order valence-electron chi connectivity index (χ3n) is 4.39. The van der Waals surface area contributed by atoms with Crippen LogP contribution in [0.15, 0.2) is 72.8 Å². The highest BCUT2D eigenvalue weighted by molar-refractivity contribution is 5.47. The van der Waals surface area contributed by atoms with E-state index in [0.29, 0.717) is 5.75 Å². The predicted molar refractivity (Wildman–Crippen MR) is 96.2 cm³/mol. The Kier molecular flexibility index (Phi) is 4.54. The fourth-order valence-electron chi connectivity index (χ4n) is 2.79. The second kappa shape index (κ2) is 6.78. The van der Waals surface area contributed by atoms with Gasteiger partial charge in [0.25, 0.3) is 0 Å². The normalized spacial score (nSPS) is 11.0. The van der Waals surface area contributed by atoms with E-state index in [0.717, 1.165) is 5.56 Å². The van der Waals surface area contributed by atoms with Gasteiger partial charge in [-0.15, -0.1) is 0 Å². The quantitative estimate of drug-likeness (QED) is 0.604. The zero-order chi connectivity index (χ0) is 17.9. The molecule has 0 fully saturated rings. The molecule has 0 aromatic heterocycles. The lowest BCUT2D eigenvalue weighted by Gasteiger charge is -2.26. The molecule has 0 N–H and O–H groups in total. The maximum absolute atomic E-state index is 13.7. The van der Waals surface area contributed by atoms with Gasteiger partial charge in [-0.1, -0.05) is 62.4 Å². The molecule has 0 saturated carbocycles. The third kappa shape index (κ3) is 3.39. The summed E-state index contributed by atoms with van der Waals surface area (Å²) in [6.45, 7) is 4.33. The number of ether oxygens (including phenoxy) is 1. The first-order valence-electron chi connectivity index (χ1n) is 8.05. The van der Waals surface area contributed by atoms with Crippen LogP contribution in [0.4, 0.5) is 4.39 Å². The summed E-state index contributed by atoms with van der Waals surface area (Å²) in [6, 6.07) is 24.1. The highest BCUT2D eigenvalue weighted by Crippen LogP contribution is 2.33. The number of halogens is 1. The minimum atomic E-state index is -0.582. The molecule has 0 spiro atoms. The second-order valence-corrected chi connectivity index (χ2v) is 6.34. The molecule has 3 aromatic carbocycles. The summed E-state index contributed by atoms with van der Waals surface area (Å²) in [5.41, 5.74) is 2.14. The van der Waals surface area contributed by atoms with Gasteiger partial charge in [-0.3, -0.25) is 0 Å². The molecule has 0 radical (unpaired) electrons. The number of hydrogen-bond donors (Lipinski definition) is 0. The van der Waals surface area contributed by atoms with Gasteiger partial charge in [0.05, 0.1) is 0 Å². The maximum Gasteiger partial charge on any atom is 0.148 e. The van der Waals surface area contributed by atoms with Gasteiger partial charge in [-0.2, -0.15) is 5.26 Å². The van der Waals surface area contributed by atoms with Crippen LogP contribution in [0.3, 0.4) is 0 Å². The van der Waals surface area contributed by atoms with E-state index >= 15 is 0 Å². The van der Waals surface area contributed by atoms with Crippen LogP contribution in [-0.2, 0) is 5.41 Å². The van der Waals surface area contributed by atoms with Crippen LogP contribution in [0.1, 0.15) is 30.5 Å². The van der Waals surface area contributed by atoms with Crippen LogP contribution < -0.4 is 4.74 Å². The summed E-state index contributed by atoms with van der Waals surface area (Å²) in [4.78, 5) is 0. The first-order valence-corrected chi connectivity index (χ1v) is 8.05. The van der Waals surface area contributed by atoms with Gasteiger partial charge >= 0.3 is 0 Å². The number of rotatable bonds is 4. The molecule has 3 rings (SSSR count). The molecule has 0 unspecified atom stereocenters. The lowest BCUT2D eigenvalue weighted by molar-refractivity contribution is 0.473. The average Bonchev–Trinajstić information content (AvgIpc) is 2.63. The molecule has 0 aliphatic carbocycles. The van der Waals surface area contributed by atoms with Crippen LogP contribution in [0.25, 0.3) is 0 Å². The van der Waals surface area contributed by atoms with Gasteiger partial charge in [-0.25, -0.2) is 4.39 Å². The molecule has 0 atom stereocenters. The maximum atomic E-state index is 13.7. The fourth-order valence-corrected chi connectivity index (χ4v) is 2.79. The minimum absolute atomic E-state index is 0.0869. The molecule has 0 bridgehead atoms. The fraction of sp³-hybridized carbons (Fsp3) is 0.136. The molecule has 2 nitrogen and oxygen atoms in total. The van der Waals surface area contributed by atoms with Gasteiger partial charge in [0.1, 0.15) is 28.9 Å².